The Labute approximate surface area is 173 Å². The largest absolute Gasteiger partial charge is 0.375 e. The first-order valence-corrected chi connectivity index (χ1v) is 10.9. The second-order valence-corrected chi connectivity index (χ2v) is 7.89. The minimum absolute atomic E-state index is 0.118. The third kappa shape index (κ3) is 4.90. The normalized spacial score (nSPS) is 25.7. The van der Waals surface area contributed by atoms with Crippen LogP contribution < -0.4 is 10.2 Å². The van der Waals surface area contributed by atoms with Gasteiger partial charge in [0.2, 0.25) is 5.91 Å². The minimum atomic E-state index is 0.118. The molecule has 0 aromatic heterocycles. The number of rotatable bonds is 5. The van der Waals surface area contributed by atoms with E-state index in [1.165, 1.54) is 0 Å². The van der Waals surface area contributed by atoms with E-state index < -0.39 is 0 Å². The molecule has 3 heterocycles. The molecular weight excluding hydrogens is 368 g/mol. The highest BCUT2D eigenvalue weighted by Crippen LogP contribution is 2.23. The van der Waals surface area contributed by atoms with Crippen LogP contribution in [0.3, 0.4) is 0 Å². The lowest BCUT2D eigenvalue weighted by Gasteiger charge is -2.37. The predicted octanol–water partition coefficient (Wildman–Crippen LogP) is 2.16. The minimum Gasteiger partial charge on any atom is -0.375 e. The lowest BCUT2D eigenvalue weighted by molar-refractivity contribution is -0.117. The Kier molecular flexibility index (Phi) is 6.67. The van der Waals surface area contributed by atoms with Crippen LogP contribution in [0.2, 0.25) is 0 Å². The molecule has 0 aliphatic carbocycles. The molecule has 0 radical (unpaired) electrons. The van der Waals surface area contributed by atoms with E-state index in [1.54, 1.807) is 0 Å². The van der Waals surface area contributed by atoms with Crippen molar-refractivity contribution >= 4 is 17.6 Å². The number of morpholine rings is 1. The monoisotopic (exact) mass is 400 g/mol. The molecule has 3 aliphatic rings. The molecule has 3 aliphatic heterocycles. The molecule has 2 unspecified atom stereocenters. The molecule has 0 saturated carbocycles. The van der Waals surface area contributed by atoms with E-state index in [1.807, 2.05) is 17.0 Å². The van der Waals surface area contributed by atoms with Crippen molar-refractivity contribution < 1.29 is 14.3 Å². The average molecular weight is 401 g/mol. The van der Waals surface area contributed by atoms with Crippen LogP contribution >= 0.6 is 0 Å². The van der Waals surface area contributed by atoms with Gasteiger partial charge in [0.05, 0.1) is 19.3 Å². The van der Waals surface area contributed by atoms with Crippen LogP contribution in [-0.4, -0.2) is 68.4 Å². The number of aliphatic imine (C=N–C) groups is 1. The highest BCUT2D eigenvalue weighted by Gasteiger charge is 2.32. The number of hydrogen-bond acceptors (Lipinski definition) is 4. The van der Waals surface area contributed by atoms with E-state index in [-0.39, 0.29) is 18.1 Å². The van der Waals surface area contributed by atoms with Crippen LogP contribution in [0.5, 0.6) is 0 Å². The first-order valence-electron chi connectivity index (χ1n) is 10.9. The number of guanidine groups is 1. The van der Waals surface area contributed by atoms with Gasteiger partial charge in [0.15, 0.2) is 5.96 Å². The SMILES string of the molecule is CCNC(=NCc1ccc(N2CCCC2=O)cc1)N1CCOC(C2CCCO2)C1. The van der Waals surface area contributed by atoms with Gasteiger partial charge in [-0.05, 0) is 43.9 Å². The summed E-state index contributed by atoms with van der Waals surface area (Å²) in [5.74, 6) is 1.15. The molecule has 7 nitrogen and oxygen atoms in total. The van der Waals surface area contributed by atoms with E-state index in [2.05, 4.69) is 29.3 Å². The van der Waals surface area contributed by atoms with Gasteiger partial charge in [0.25, 0.3) is 0 Å². The molecule has 0 spiro atoms. The third-order valence-corrected chi connectivity index (χ3v) is 5.84. The Morgan fingerprint density at radius 1 is 1.14 bits per heavy atom. The first-order chi connectivity index (χ1) is 14.2. The van der Waals surface area contributed by atoms with Crippen molar-refractivity contribution in [1.29, 1.82) is 0 Å². The van der Waals surface area contributed by atoms with Crippen molar-refractivity contribution in [3.05, 3.63) is 29.8 Å². The summed E-state index contributed by atoms with van der Waals surface area (Å²) in [7, 11) is 0. The van der Waals surface area contributed by atoms with E-state index in [0.717, 1.165) is 69.3 Å². The summed E-state index contributed by atoms with van der Waals surface area (Å²) in [5, 5.41) is 3.42. The molecule has 1 aromatic rings. The quantitative estimate of drug-likeness (QED) is 0.606. The molecule has 3 saturated heterocycles. The number of nitrogens with zero attached hydrogens (tertiary/aromatic N) is 3. The molecule has 158 valence electrons. The van der Waals surface area contributed by atoms with Crippen molar-refractivity contribution in [1.82, 2.24) is 10.2 Å². The topological polar surface area (TPSA) is 66.4 Å². The zero-order chi connectivity index (χ0) is 20.1. The molecule has 2 atom stereocenters. The summed E-state index contributed by atoms with van der Waals surface area (Å²) in [5.41, 5.74) is 2.12. The Hall–Kier alpha value is -2.12. The van der Waals surface area contributed by atoms with Crippen molar-refractivity contribution in [2.24, 2.45) is 4.99 Å². The van der Waals surface area contributed by atoms with Gasteiger partial charge in [-0.2, -0.15) is 0 Å². The summed E-state index contributed by atoms with van der Waals surface area (Å²) in [4.78, 5) is 20.9. The zero-order valence-electron chi connectivity index (χ0n) is 17.3. The fourth-order valence-electron chi connectivity index (χ4n) is 4.28. The van der Waals surface area contributed by atoms with Crippen LogP contribution in [0, 0.1) is 0 Å². The standard InChI is InChI=1S/C22H32N4O3/c1-2-23-22(25-12-14-29-20(16-25)19-5-4-13-28-19)24-15-17-7-9-18(10-8-17)26-11-3-6-21(26)27/h7-10,19-20H,2-6,11-16H2,1H3,(H,23,24). The molecule has 1 amide bonds. The van der Waals surface area contributed by atoms with Gasteiger partial charge in [0.1, 0.15) is 6.10 Å². The number of carbonyl (C=O) groups is 1. The number of hydrogen-bond donors (Lipinski definition) is 1. The number of amides is 1. The number of carbonyl (C=O) groups excluding carboxylic acids is 1. The molecular formula is C22H32N4O3. The van der Waals surface area contributed by atoms with Crippen molar-refractivity contribution in [2.75, 3.05) is 44.3 Å². The zero-order valence-corrected chi connectivity index (χ0v) is 17.3. The van der Waals surface area contributed by atoms with Gasteiger partial charge < -0.3 is 24.6 Å². The van der Waals surface area contributed by atoms with Crippen LogP contribution in [0.1, 0.15) is 38.2 Å². The Morgan fingerprint density at radius 2 is 1.97 bits per heavy atom. The van der Waals surface area contributed by atoms with Gasteiger partial charge in [-0.25, -0.2) is 4.99 Å². The number of anilines is 1. The van der Waals surface area contributed by atoms with Crippen LogP contribution in [-0.2, 0) is 20.8 Å². The molecule has 1 aromatic carbocycles. The van der Waals surface area contributed by atoms with Gasteiger partial charge in [0, 0.05) is 44.9 Å². The fraction of sp³-hybridized carbons (Fsp3) is 0.636. The Balaban J connectivity index is 1.39. The van der Waals surface area contributed by atoms with Crippen molar-refractivity contribution in [2.45, 2.75) is 51.4 Å². The highest BCUT2D eigenvalue weighted by atomic mass is 16.5. The van der Waals surface area contributed by atoms with Crippen LogP contribution in [0.15, 0.2) is 29.3 Å². The van der Waals surface area contributed by atoms with Crippen molar-refractivity contribution in [3.8, 4) is 0 Å². The van der Waals surface area contributed by atoms with Crippen molar-refractivity contribution in [3.63, 3.8) is 0 Å². The predicted molar refractivity (Wildman–Crippen MR) is 113 cm³/mol. The lowest BCUT2D eigenvalue weighted by atomic mass is 10.1. The number of ether oxygens (including phenoxy) is 2. The van der Waals surface area contributed by atoms with E-state index in [4.69, 9.17) is 14.5 Å². The number of nitrogens with one attached hydrogen (secondary N) is 1. The third-order valence-electron chi connectivity index (χ3n) is 5.84. The fourth-order valence-corrected chi connectivity index (χ4v) is 4.28. The summed E-state index contributed by atoms with van der Waals surface area (Å²) < 4.78 is 11.8. The second-order valence-electron chi connectivity index (χ2n) is 7.89. The van der Waals surface area contributed by atoms with E-state index >= 15 is 0 Å². The van der Waals surface area contributed by atoms with Crippen LogP contribution in [0.25, 0.3) is 0 Å². The molecule has 29 heavy (non-hydrogen) atoms. The maximum atomic E-state index is 11.9. The summed E-state index contributed by atoms with van der Waals surface area (Å²) >= 11 is 0. The average Bonchev–Trinajstić information content (AvgIpc) is 3.44. The van der Waals surface area contributed by atoms with E-state index in [0.29, 0.717) is 19.6 Å². The smallest absolute Gasteiger partial charge is 0.227 e. The summed E-state index contributed by atoms with van der Waals surface area (Å²) in [6.07, 6.45) is 4.14. The van der Waals surface area contributed by atoms with Crippen LogP contribution in [0.4, 0.5) is 5.69 Å². The summed E-state index contributed by atoms with van der Waals surface area (Å²) in [6.45, 7) is 7.55. The van der Waals surface area contributed by atoms with Gasteiger partial charge in [-0.3, -0.25) is 4.79 Å². The number of benzene rings is 1. The molecule has 3 fully saturated rings. The first kappa shape index (κ1) is 20.2. The molecule has 7 heteroatoms. The molecule has 4 rings (SSSR count). The maximum absolute atomic E-state index is 11.9. The van der Waals surface area contributed by atoms with Gasteiger partial charge >= 0.3 is 0 Å². The summed E-state index contributed by atoms with van der Waals surface area (Å²) in [6, 6.07) is 8.21. The second kappa shape index (κ2) is 9.59. The lowest BCUT2D eigenvalue weighted by Crippen LogP contribution is -2.53. The van der Waals surface area contributed by atoms with E-state index in [9.17, 15) is 4.79 Å². The van der Waals surface area contributed by atoms with Gasteiger partial charge in [-0.1, -0.05) is 12.1 Å². The highest BCUT2D eigenvalue weighted by molar-refractivity contribution is 5.95. The van der Waals surface area contributed by atoms with Gasteiger partial charge in [-0.15, -0.1) is 0 Å². The Morgan fingerprint density at radius 3 is 2.66 bits per heavy atom. The molecule has 1 N–H and O–H groups in total. The Bertz CT molecular complexity index is 715. The molecule has 0 bridgehead atoms. The maximum Gasteiger partial charge on any atom is 0.227 e.